The van der Waals surface area contributed by atoms with Gasteiger partial charge in [0.25, 0.3) is 0 Å². The molecule has 0 radical (unpaired) electrons. The van der Waals surface area contributed by atoms with Gasteiger partial charge in [0.15, 0.2) is 0 Å². The smallest absolute Gasteiger partial charge is 0.141 e. The number of alkyl halides is 1. The van der Waals surface area contributed by atoms with Crippen molar-refractivity contribution in [1.29, 1.82) is 0 Å². The van der Waals surface area contributed by atoms with Crippen molar-refractivity contribution in [3.8, 4) is 0 Å². The second-order valence-corrected chi connectivity index (χ2v) is 12.0. The van der Waals surface area contributed by atoms with Crippen LogP contribution in [0.4, 0.5) is 4.39 Å². The molecule has 1 heterocycles. The summed E-state index contributed by atoms with van der Waals surface area (Å²) in [6.07, 6.45) is 9.98. The lowest BCUT2D eigenvalue weighted by molar-refractivity contribution is -0.132. The average Bonchev–Trinajstić information content (AvgIpc) is 3.34. The highest BCUT2D eigenvalue weighted by Gasteiger charge is 2.58. The van der Waals surface area contributed by atoms with Crippen molar-refractivity contribution < 1.29 is 14.3 Å². The number of carbonyl (C=O) groups is 1. The van der Waals surface area contributed by atoms with Gasteiger partial charge in [-0.2, -0.15) is 0 Å². The standard InChI is InChI=1S/C25H35FO2S/c1-24-10-8-19-18-9-11-25(28,15-26)14-16(18)4-5-20(19)21(24)6-7-22(24)23(27)13-17-3-2-12-29-17/h2-3,12,16,18-22,28H,4-11,13-15H2,1H3/t16-,18+,19-,20-,21+,22-,24+,25-/m1/s1. The van der Waals surface area contributed by atoms with Crippen molar-refractivity contribution in [1.82, 2.24) is 0 Å². The van der Waals surface area contributed by atoms with E-state index in [0.717, 1.165) is 31.1 Å². The van der Waals surface area contributed by atoms with Crippen molar-refractivity contribution in [3.63, 3.8) is 0 Å². The molecule has 4 heteroatoms. The molecule has 1 aromatic rings. The summed E-state index contributed by atoms with van der Waals surface area (Å²) in [7, 11) is 0. The van der Waals surface area contributed by atoms with Gasteiger partial charge in [0.05, 0.1) is 5.60 Å². The largest absolute Gasteiger partial charge is 0.387 e. The maximum Gasteiger partial charge on any atom is 0.141 e. The van der Waals surface area contributed by atoms with Gasteiger partial charge in [0.2, 0.25) is 0 Å². The Labute approximate surface area is 178 Å². The molecule has 8 atom stereocenters. The van der Waals surface area contributed by atoms with E-state index in [1.165, 1.54) is 30.6 Å². The molecule has 0 amide bonds. The van der Waals surface area contributed by atoms with Gasteiger partial charge in [0.1, 0.15) is 12.5 Å². The Balaban J connectivity index is 1.31. The summed E-state index contributed by atoms with van der Waals surface area (Å²) in [6, 6.07) is 4.14. The molecule has 1 N–H and O–H groups in total. The molecule has 0 unspecified atom stereocenters. The molecule has 4 aliphatic rings. The Hall–Kier alpha value is -0.740. The number of halogens is 1. The summed E-state index contributed by atoms with van der Waals surface area (Å²) in [5, 5.41) is 12.6. The van der Waals surface area contributed by atoms with Gasteiger partial charge >= 0.3 is 0 Å². The summed E-state index contributed by atoms with van der Waals surface area (Å²) in [4.78, 5) is 14.4. The third-order valence-corrected chi connectivity index (χ3v) is 10.5. The fraction of sp³-hybridized carbons (Fsp3) is 0.800. The van der Waals surface area contributed by atoms with Gasteiger partial charge in [-0.05, 0) is 104 Å². The topological polar surface area (TPSA) is 37.3 Å². The van der Waals surface area contributed by atoms with Gasteiger partial charge in [-0.25, -0.2) is 4.39 Å². The first-order valence-electron chi connectivity index (χ1n) is 11.8. The van der Waals surface area contributed by atoms with E-state index in [9.17, 15) is 14.3 Å². The van der Waals surface area contributed by atoms with Crippen LogP contribution in [0.15, 0.2) is 17.5 Å². The fourth-order valence-corrected chi connectivity index (χ4v) is 9.04. The Kier molecular flexibility index (Phi) is 5.18. The van der Waals surface area contributed by atoms with Gasteiger partial charge in [0, 0.05) is 17.2 Å². The highest BCUT2D eigenvalue weighted by atomic mass is 32.1. The molecule has 5 rings (SSSR count). The van der Waals surface area contributed by atoms with Crippen molar-refractivity contribution >= 4 is 17.1 Å². The summed E-state index contributed by atoms with van der Waals surface area (Å²) >= 11 is 1.70. The van der Waals surface area contributed by atoms with E-state index in [2.05, 4.69) is 18.4 Å². The van der Waals surface area contributed by atoms with Crippen LogP contribution >= 0.6 is 11.3 Å². The molecule has 4 fully saturated rings. The molecule has 2 nitrogen and oxygen atoms in total. The quantitative estimate of drug-likeness (QED) is 0.668. The van der Waals surface area contributed by atoms with E-state index in [-0.39, 0.29) is 11.3 Å². The predicted molar refractivity (Wildman–Crippen MR) is 115 cm³/mol. The van der Waals surface area contributed by atoms with E-state index in [4.69, 9.17) is 0 Å². The van der Waals surface area contributed by atoms with Crippen LogP contribution in [0.1, 0.15) is 69.6 Å². The summed E-state index contributed by atoms with van der Waals surface area (Å²) < 4.78 is 13.4. The van der Waals surface area contributed by atoms with E-state index in [0.29, 0.717) is 42.8 Å². The number of ketones is 1. The van der Waals surface area contributed by atoms with Crippen molar-refractivity contribution in [2.45, 2.75) is 76.7 Å². The van der Waals surface area contributed by atoms with Gasteiger partial charge in [-0.3, -0.25) is 4.79 Å². The number of hydrogen-bond donors (Lipinski definition) is 1. The number of carbonyl (C=O) groups excluding carboxylic acids is 1. The second kappa shape index (κ2) is 7.44. The van der Waals surface area contributed by atoms with Crippen LogP contribution in [0.3, 0.4) is 0 Å². The van der Waals surface area contributed by atoms with Crippen molar-refractivity contribution in [3.05, 3.63) is 22.4 Å². The number of fused-ring (bicyclic) bond motifs is 5. The number of aliphatic hydroxyl groups is 1. The highest BCUT2D eigenvalue weighted by molar-refractivity contribution is 7.10. The van der Waals surface area contributed by atoms with Crippen LogP contribution in [0, 0.1) is 40.9 Å². The highest BCUT2D eigenvalue weighted by Crippen LogP contribution is 2.64. The molecule has 160 valence electrons. The Bertz CT molecular complexity index is 748. The minimum Gasteiger partial charge on any atom is -0.387 e. The first-order valence-corrected chi connectivity index (χ1v) is 12.6. The van der Waals surface area contributed by atoms with Crippen LogP contribution in [0.25, 0.3) is 0 Å². The zero-order valence-electron chi connectivity index (χ0n) is 17.6. The number of thiophene rings is 1. The Morgan fingerprint density at radius 3 is 2.72 bits per heavy atom. The molecule has 0 aromatic carbocycles. The summed E-state index contributed by atoms with van der Waals surface area (Å²) in [6.45, 7) is 1.84. The van der Waals surface area contributed by atoms with Gasteiger partial charge < -0.3 is 5.11 Å². The van der Waals surface area contributed by atoms with Crippen LogP contribution in [-0.4, -0.2) is 23.2 Å². The van der Waals surface area contributed by atoms with Crippen LogP contribution in [-0.2, 0) is 11.2 Å². The molecule has 0 spiro atoms. The van der Waals surface area contributed by atoms with Crippen molar-refractivity contribution in [2.75, 3.05) is 6.67 Å². The van der Waals surface area contributed by atoms with Crippen LogP contribution in [0.5, 0.6) is 0 Å². The first kappa shape index (κ1) is 20.2. The average molecular weight is 419 g/mol. The predicted octanol–water partition coefficient (Wildman–Crippen LogP) is 5.83. The van der Waals surface area contributed by atoms with E-state index in [1.54, 1.807) is 11.3 Å². The maximum absolute atomic E-state index is 13.4. The summed E-state index contributed by atoms with van der Waals surface area (Å²) in [5.74, 6) is 4.04. The van der Waals surface area contributed by atoms with Crippen LogP contribution < -0.4 is 0 Å². The zero-order chi connectivity index (χ0) is 20.2. The second-order valence-electron chi connectivity index (χ2n) is 10.9. The first-order chi connectivity index (χ1) is 13.9. The normalized spacial score (nSPS) is 46.6. The van der Waals surface area contributed by atoms with E-state index in [1.807, 2.05) is 6.07 Å². The fourth-order valence-electron chi connectivity index (χ4n) is 8.32. The monoisotopic (exact) mass is 418 g/mol. The lowest BCUT2D eigenvalue weighted by Crippen LogP contribution is -2.52. The summed E-state index contributed by atoms with van der Waals surface area (Å²) in [5.41, 5.74) is -0.874. The maximum atomic E-state index is 13.4. The molecule has 0 bridgehead atoms. The molecule has 1 aromatic heterocycles. The van der Waals surface area contributed by atoms with E-state index < -0.39 is 12.3 Å². The minimum absolute atomic E-state index is 0.177. The minimum atomic E-state index is -1.05. The lowest BCUT2D eigenvalue weighted by Gasteiger charge is -2.57. The zero-order valence-corrected chi connectivity index (χ0v) is 18.4. The Morgan fingerprint density at radius 2 is 1.97 bits per heavy atom. The van der Waals surface area contributed by atoms with Gasteiger partial charge in [-0.1, -0.05) is 13.0 Å². The molecule has 0 aliphatic heterocycles. The van der Waals surface area contributed by atoms with Crippen molar-refractivity contribution in [2.24, 2.45) is 40.9 Å². The molecular formula is C25H35FO2S. The van der Waals surface area contributed by atoms with Gasteiger partial charge in [-0.15, -0.1) is 11.3 Å². The van der Waals surface area contributed by atoms with Crippen LogP contribution in [0.2, 0.25) is 0 Å². The van der Waals surface area contributed by atoms with E-state index >= 15 is 0 Å². The molecule has 0 saturated heterocycles. The SMILES string of the molecule is C[C@]12CC[C@H]3[C@@H](CC[C@@H]4C[C@@](O)(CF)CC[C@@H]43)[C@@H]1CC[C@@H]2C(=O)Cc1cccs1. The Morgan fingerprint density at radius 1 is 1.14 bits per heavy atom. The lowest BCUT2D eigenvalue weighted by atomic mass is 9.49. The number of Topliss-reactive ketones (excluding diaryl/α,β-unsaturated/α-hetero) is 1. The molecule has 4 aliphatic carbocycles. The molecule has 4 saturated carbocycles. The number of hydrogen-bond acceptors (Lipinski definition) is 3. The third kappa shape index (κ3) is 3.33. The molecular weight excluding hydrogens is 383 g/mol. The molecule has 29 heavy (non-hydrogen) atoms. The number of rotatable bonds is 4. The third-order valence-electron chi connectivity index (χ3n) is 9.67.